The van der Waals surface area contributed by atoms with Crippen LogP contribution in [0.4, 0.5) is 0 Å². The van der Waals surface area contributed by atoms with Gasteiger partial charge in [0.25, 0.3) is 0 Å². The predicted molar refractivity (Wildman–Crippen MR) is 70.9 cm³/mol. The van der Waals surface area contributed by atoms with Gasteiger partial charge in [-0.3, -0.25) is 4.68 Å². The highest BCUT2D eigenvalue weighted by Gasteiger charge is 2.36. The van der Waals surface area contributed by atoms with Crippen LogP contribution in [0.2, 0.25) is 0 Å². The van der Waals surface area contributed by atoms with Crippen molar-refractivity contribution in [1.29, 1.82) is 0 Å². The highest BCUT2D eigenvalue weighted by atomic mass is 15.3. The van der Waals surface area contributed by atoms with Gasteiger partial charge in [-0.25, -0.2) is 0 Å². The van der Waals surface area contributed by atoms with Crippen LogP contribution in [0.3, 0.4) is 0 Å². The molecule has 0 aromatic carbocycles. The highest BCUT2D eigenvalue weighted by Crippen LogP contribution is 2.44. The van der Waals surface area contributed by atoms with E-state index < -0.39 is 0 Å². The summed E-state index contributed by atoms with van der Waals surface area (Å²) in [4.78, 5) is 0. The molecule has 0 aliphatic heterocycles. The van der Waals surface area contributed by atoms with Crippen LogP contribution in [-0.2, 0) is 6.54 Å². The van der Waals surface area contributed by atoms with Gasteiger partial charge in [0.1, 0.15) is 0 Å². The maximum atomic E-state index is 4.65. The van der Waals surface area contributed by atoms with E-state index in [-0.39, 0.29) is 0 Å². The Morgan fingerprint density at radius 3 is 2.71 bits per heavy atom. The number of aromatic nitrogens is 2. The van der Waals surface area contributed by atoms with Crippen molar-refractivity contribution in [1.82, 2.24) is 15.1 Å². The van der Waals surface area contributed by atoms with Gasteiger partial charge < -0.3 is 5.32 Å². The van der Waals surface area contributed by atoms with Gasteiger partial charge in [-0.2, -0.15) is 5.10 Å². The van der Waals surface area contributed by atoms with Gasteiger partial charge in [0, 0.05) is 19.3 Å². The first kappa shape index (κ1) is 12.6. The molecular formula is C14H25N3. The summed E-state index contributed by atoms with van der Waals surface area (Å²) in [5, 5.41) is 8.16. The molecule has 1 N–H and O–H groups in total. The molecule has 0 unspecified atom stereocenters. The molecule has 1 fully saturated rings. The Morgan fingerprint density at radius 2 is 2.12 bits per heavy atom. The first-order chi connectivity index (χ1) is 8.17. The molecular weight excluding hydrogens is 210 g/mol. The summed E-state index contributed by atoms with van der Waals surface area (Å²) >= 11 is 0. The molecule has 96 valence electrons. The van der Waals surface area contributed by atoms with Gasteiger partial charge in [-0.15, -0.1) is 0 Å². The zero-order valence-corrected chi connectivity index (χ0v) is 11.4. The number of hydrogen-bond donors (Lipinski definition) is 1. The number of nitrogens with one attached hydrogen (secondary N) is 1. The molecule has 2 rings (SSSR count). The molecule has 0 bridgehead atoms. The van der Waals surface area contributed by atoms with Crippen molar-refractivity contribution in [2.45, 2.75) is 59.0 Å². The van der Waals surface area contributed by atoms with Crippen molar-refractivity contribution in [3.63, 3.8) is 0 Å². The normalized spacial score (nSPS) is 17.6. The number of hydrogen-bond acceptors (Lipinski definition) is 2. The second-order valence-electron chi connectivity index (χ2n) is 5.67. The predicted octanol–water partition coefficient (Wildman–Crippen LogP) is 3.13. The lowest BCUT2D eigenvalue weighted by molar-refractivity contribution is 0.422. The standard InChI is InChI=1S/C14H25N3/c1-4-13(5-2)17-9-6-12(16-17)10-15-11-14(3)7-8-14/h6,9,13,15H,4-5,7-8,10-11H2,1-3H3. The zero-order chi connectivity index (χ0) is 12.3. The summed E-state index contributed by atoms with van der Waals surface area (Å²) < 4.78 is 2.12. The van der Waals surface area contributed by atoms with Gasteiger partial charge in [0.05, 0.1) is 11.7 Å². The smallest absolute Gasteiger partial charge is 0.0762 e. The minimum Gasteiger partial charge on any atom is -0.311 e. The van der Waals surface area contributed by atoms with Crippen LogP contribution < -0.4 is 5.32 Å². The summed E-state index contributed by atoms with van der Waals surface area (Å²) in [5.41, 5.74) is 1.75. The van der Waals surface area contributed by atoms with E-state index in [0.717, 1.165) is 25.9 Å². The molecule has 1 aliphatic carbocycles. The molecule has 1 saturated carbocycles. The molecule has 0 radical (unpaired) electrons. The Bertz CT molecular complexity index is 348. The Balaban J connectivity index is 1.81. The van der Waals surface area contributed by atoms with E-state index in [4.69, 9.17) is 0 Å². The van der Waals surface area contributed by atoms with Gasteiger partial charge in [-0.1, -0.05) is 20.8 Å². The largest absolute Gasteiger partial charge is 0.311 e. The van der Waals surface area contributed by atoms with E-state index in [1.54, 1.807) is 0 Å². The van der Waals surface area contributed by atoms with Crippen molar-refractivity contribution < 1.29 is 0 Å². The Kier molecular flexibility index (Phi) is 3.87. The third-order valence-corrected chi connectivity index (χ3v) is 3.94. The summed E-state index contributed by atoms with van der Waals surface area (Å²) in [7, 11) is 0. The fourth-order valence-electron chi connectivity index (χ4n) is 2.22. The zero-order valence-electron chi connectivity index (χ0n) is 11.4. The average molecular weight is 235 g/mol. The fraction of sp³-hybridized carbons (Fsp3) is 0.786. The fourth-order valence-corrected chi connectivity index (χ4v) is 2.22. The van der Waals surface area contributed by atoms with Crippen molar-refractivity contribution >= 4 is 0 Å². The lowest BCUT2D eigenvalue weighted by atomic mass is 10.1. The Hall–Kier alpha value is -0.830. The van der Waals surface area contributed by atoms with Crippen LogP contribution in [0.15, 0.2) is 12.3 Å². The molecule has 1 aromatic rings. The maximum absolute atomic E-state index is 4.65. The molecule has 1 aliphatic rings. The Morgan fingerprint density at radius 1 is 1.41 bits per heavy atom. The topological polar surface area (TPSA) is 29.9 Å². The molecule has 0 saturated heterocycles. The van der Waals surface area contributed by atoms with Crippen LogP contribution in [0.25, 0.3) is 0 Å². The van der Waals surface area contributed by atoms with Gasteiger partial charge in [0.15, 0.2) is 0 Å². The van der Waals surface area contributed by atoms with Crippen molar-refractivity contribution in [2.75, 3.05) is 6.54 Å². The van der Waals surface area contributed by atoms with Crippen molar-refractivity contribution in [3.8, 4) is 0 Å². The molecule has 1 heterocycles. The van der Waals surface area contributed by atoms with Crippen LogP contribution in [0, 0.1) is 5.41 Å². The van der Waals surface area contributed by atoms with Gasteiger partial charge in [0.2, 0.25) is 0 Å². The SMILES string of the molecule is CCC(CC)n1ccc(CNCC2(C)CC2)n1. The summed E-state index contributed by atoms with van der Waals surface area (Å²) in [5.74, 6) is 0. The molecule has 3 nitrogen and oxygen atoms in total. The summed E-state index contributed by atoms with van der Waals surface area (Å²) in [6.45, 7) is 8.83. The third kappa shape index (κ3) is 3.32. The lowest BCUT2D eigenvalue weighted by Gasteiger charge is -2.12. The number of rotatable bonds is 7. The molecule has 3 heteroatoms. The van der Waals surface area contributed by atoms with E-state index >= 15 is 0 Å². The molecule has 0 atom stereocenters. The van der Waals surface area contributed by atoms with Crippen LogP contribution >= 0.6 is 0 Å². The lowest BCUT2D eigenvalue weighted by Crippen LogP contribution is -2.22. The first-order valence-electron chi connectivity index (χ1n) is 6.91. The molecule has 1 aromatic heterocycles. The highest BCUT2D eigenvalue weighted by molar-refractivity contribution is 5.00. The van der Waals surface area contributed by atoms with E-state index in [0.29, 0.717) is 11.5 Å². The summed E-state index contributed by atoms with van der Waals surface area (Å²) in [6, 6.07) is 2.70. The van der Waals surface area contributed by atoms with E-state index in [9.17, 15) is 0 Å². The van der Waals surface area contributed by atoms with Gasteiger partial charge in [-0.05, 0) is 37.2 Å². The number of nitrogens with zero attached hydrogens (tertiary/aromatic N) is 2. The van der Waals surface area contributed by atoms with E-state index in [1.807, 2.05) is 0 Å². The summed E-state index contributed by atoms with van der Waals surface area (Å²) in [6.07, 6.45) is 7.18. The van der Waals surface area contributed by atoms with E-state index in [2.05, 4.69) is 48.1 Å². The van der Waals surface area contributed by atoms with Crippen LogP contribution in [-0.4, -0.2) is 16.3 Å². The van der Waals surface area contributed by atoms with Crippen LogP contribution in [0.1, 0.15) is 58.2 Å². The second kappa shape index (κ2) is 5.21. The van der Waals surface area contributed by atoms with Gasteiger partial charge >= 0.3 is 0 Å². The third-order valence-electron chi connectivity index (χ3n) is 3.94. The molecule has 17 heavy (non-hydrogen) atoms. The Labute approximate surface area is 105 Å². The monoisotopic (exact) mass is 235 g/mol. The van der Waals surface area contributed by atoms with E-state index in [1.165, 1.54) is 18.5 Å². The minimum absolute atomic E-state index is 0.560. The minimum atomic E-state index is 0.560. The first-order valence-corrected chi connectivity index (χ1v) is 6.91. The second-order valence-corrected chi connectivity index (χ2v) is 5.67. The van der Waals surface area contributed by atoms with Crippen LogP contribution in [0.5, 0.6) is 0 Å². The molecule has 0 spiro atoms. The van der Waals surface area contributed by atoms with Crippen molar-refractivity contribution in [3.05, 3.63) is 18.0 Å². The average Bonchev–Trinajstić information content (AvgIpc) is 2.87. The molecule has 0 amide bonds. The maximum Gasteiger partial charge on any atom is 0.0762 e. The quantitative estimate of drug-likeness (QED) is 0.787. The van der Waals surface area contributed by atoms with Crippen molar-refractivity contribution in [2.24, 2.45) is 5.41 Å².